The lowest BCUT2D eigenvalue weighted by molar-refractivity contribution is -0.161. The van der Waals surface area contributed by atoms with E-state index in [9.17, 15) is 14.2 Å². The first kappa shape index (κ1) is 44.0. The van der Waals surface area contributed by atoms with Crippen LogP contribution in [0.4, 0.5) is 0 Å². The maximum absolute atomic E-state index is 12.2. The number of hydrogen-bond donors (Lipinski definition) is 2. The molecule has 0 radical (unpaired) electrons. The summed E-state index contributed by atoms with van der Waals surface area (Å²) in [5.41, 5.74) is 0. The molecular weight excluding hydrogens is 591 g/mol. The minimum atomic E-state index is -4.73. The number of ether oxygens (including phenoxy) is 2. The molecule has 0 bridgehead atoms. The van der Waals surface area contributed by atoms with Gasteiger partial charge >= 0.3 is 19.8 Å². The van der Waals surface area contributed by atoms with Crippen molar-refractivity contribution < 1.29 is 37.9 Å². The summed E-state index contributed by atoms with van der Waals surface area (Å²) in [6.45, 7) is 5.97. The average Bonchev–Trinajstić information content (AvgIpc) is 3.00. The van der Waals surface area contributed by atoms with E-state index in [1.54, 1.807) is 0 Å². The molecule has 0 aliphatic carbocycles. The number of phosphoric ester groups is 1. The highest BCUT2D eigenvalue weighted by molar-refractivity contribution is 7.46. The van der Waals surface area contributed by atoms with Gasteiger partial charge in [0.25, 0.3) is 0 Å². The molecule has 0 rings (SSSR count). The molecule has 9 heteroatoms. The molecule has 2 N–H and O–H groups in total. The van der Waals surface area contributed by atoms with E-state index >= 15 is 0 Å². The molecular formula is C36H71O8P. The van der Waals surface area contributed by atoms with Gasteiger partial charge in [-0.05, 0) is 18.8 Å². The van der Waals surface area contributed by atoms with E-state index in [0.29, 0.717) is 6.42 Å². The molecule has 0 aliphatic heterocycles. The average molecular weight is 663 g/mol. The summed E-state index contributed by atoms with van der Waals surface area (Å²) in [6.07, 6.45) is 30.2. The highest BCUT2D eigenvalue weighted by atomic mass is 31.2. The zero-order valence-electron chi connectivity index (χ0n) is 29.5. The predicted octanol–water partition coefficient (Wildman–Crippen LogP) is 10.8. The summed E-state index contributed by atoms with van der Waals surface area (Å²) in [4.78, 5) is 42.2. The van der Waals surface area contributed by atoms with Gasteiger partial charge in [-0.25, -0.2) is 4.57 Å². The first-order valence-electron chi connectivity index (χ1n) is 18.7. The number of phosphoric acid groups is 1. The molecule has 268 valence electrons. The first-order valence-corrected chi connectivity index (χ1v) is 20.3. The normalized spacial score (nSPS) is 13.1. The van der Waals surface area contributed by atoms with Crippen molar-refractivity contribution in [3.05, 3.63) is 0 Å². The van der Waals surface area contributed by atoms with Crippen LogP contribution in [0.25, 0.3) is 0 Å². The van der Waals surface area contributed by atoms with E-state index in [1.165, 1.54) is 109 Å². The van der Waals surface area contributed by atoms with Gasteiger partial charge in [0.2, 0.25) is 0 Å². The Hall–Kier alpha value is -0.950. The van der Waals surface area contributed by atoms with Gasteiger partial charge in [-0.2, -0.15) is 0 Å². The van der Waals surface area contributed by atoms with Gasteiger partial charge < -0.3 is 19.3 Å². The Balaban J connectivity index is 3.69. The lowest BCUT2D eigenvalue weighted by Crippen LogP contribution is -2.29. The summed E-state index contributed by atoms with van der Waals surface area (Å²) in [7, 11) is -4.73. The van der Waals surface area contributed by atoms with Crippen LogP contribution >= 0.6 is 7.82 Å². The highest BCUT2D eigenvalue weighted by Gasteiger charge is 2.22. The van der Waals surface area contributed by atoms with Crippen LogP contribution in [0.3, 0.4) is 0 Å². The molecule has 0 fully saturated rings. The van der Waals surface area contributed by atoms with Crippen LogP contribution in [-0.2, 0) is 28.2 Å². The molecule has 0 saturated heterocycles. The fourth-order valence-electron chi connectivity index (χ4n) is 5.47. The van der Waals surface area contributed by atoms with Gasteiger partial charge in [0, 0.05) is 12.8 Å². The molecule has 1 unspecified atom stereocenters. The maximum atomic E-state index is 12.2. The predicted molar refractivity (Wildman–Crippen MR) is 184 cm³/mol. The fourth-order valence-corrected chi connectivity index (χ4v) is 5.83. The Morgan fingerprint density at radius 3 is 1.40 bits per heavy atom. The number of carbonyl (C=O) groups excluding carboxylic acids is 2. The molecule has 0 aromatic heterocycles. The Morgan fingerprint density at radius 1 is 0.578 bits per heavy atom. The topological polar surface area (TPSA) is 119 Å². The van der Waals surface area contributed by atoms with Crippen LogP contribution in [0.15, 0.2) is 0 Å². The maximum Gasteiger partial charge on any atom is 0.469 e. The van der Waals surface area contributed by atoms with Gasteiger partial charge in [-0.1, -0.05) is 168 Å². The standard InChI is InChI=1S/C36H71O8P/c1-4-6-7-22-27-30-36(38)44-34(32-43-45(39,40)41)31-42-35(37)29-26-24-21-19-17-15-13-11-9-8-10-12-14-16-18-20-23-25-28-33(3)5-2/h33-34H,4-32H2,1-3H3,(H2,39,40,41)/t33?,34-/m1/s1. The van der Waals surface area contributed by atoms with E-state index in [4.69, 9.17) is 19.3 Å². The Morgan fingerprint density at radius 2 is 0.978 bits per heavy atom. The Kier molecular flexibility index (Phi) is 31.0. The van der Waals surface area contributed by atoms with Crippen molar-refractivity contribution in [1.82, 2.24) is 0 Å². The molecule has 2 atom stereocenters. The Labute approximate surface area is 276 Å². The summed E-state index contributed by atoms with van der Waals surface area (Å²) >= 11 is 0. The summed E-state index contributed by atoms with van der Waals surface area (Å²) in [5.74, 6) is 0.0138. The van der Waals surface area contributed by atoms with Crippen molar-refractivity contribution in [3.8, 4) is 0 Å². The third kappa shape index (κ3) is 34.2. The van der Waals surface area contributed by atoms with Gasteiger partial charge in [-0.3, -0.25) is 14.1 Å². The molecule has 8 nitrogen and oxygen atoms in total. The van der Waals surface area contributed by atoms with E-state index in [2.05, 4.69) is 25.3 Å². The SMILES string of the molecule is CCCCCCCC(=O)O[C@H](COC(=O)CCCCCCCCCCCCCCCCCCCCC(C)CC)COP(=O)(O)O. The first-order chi connectivity index (χ1) is 21.7. The van der Waals surface area contributed by atoms with E-state index in [0.717, 1.165) is 50.9 Å². The van der Waals surface area contributed by atoms with Crippen LogP contribution in [0.2, 0.25) is 0 Å². The largest absolute Gasteiger partial charge is 0.469 e. The summed E-state index contributed by atoms with van der Waals surface area (Å²) < 4.78 is 26.1. The number of rotatable bonds is 34. The lowest BCUT2D eigenvalue weighted by atomic mass is 9.99. The number of unbranched alkanes of at least 4 members (excludes halogenated alkanes) is 21. The third-order valence-corrected chi connectivity index (χ3v) is 9.15. The number of hydrogen-bond acceptors (Lipinski definition) is 6. The molecule has 0 amide bonds. The Bertz CT molecular complexity index is 726. The van der Waals surface area contributed by atoms with Crippen molar-refractivity contribution in [3.63, 3.8) is 0 Å². The zero-order chi connectivity index (χ0) is 33.4. The summed E-state index contributed by atoms with van der Waals surface area (Å²) in [6, 6.07) is 0. The fraction of sp³-hybridized carbons (Fsp3) is 0.944. The van der Waals surface area contributed by atoms with Crippen molar-refractivity contribution in [2.45, 2.75) is 200 Å². The van der Waals surface area contributed by atoms with Gasteiger partial charge in [0.05, 0.1) is 6.61 Å². The third-order valence-electron chi connectivity index (χ3n) is 8.67. The molecule has 0 aliphatic rings. The second kappa shape index (κ2) is 31.6. The van der Waals surface area contributed by atoms with E-state index in [1.807, 2.05) is 0 Å². The second-order valence-corrected chi connectivity index (χ2v) is 14.4. The molecule has 0 spiro atoms. The van der Waals surface area contributed by atoms with Crippen LogP contribution in [0, 0.1) is 5.92 Å². The van der Waals surface area contributed by atoms with Crippen molar-refractivity contribution in [1.29, 1.82) is 0 Å². The monoisotopic (exact) mass is 662 g/mol. The second-order valence-electron chi connectivity index (χ2n) is 13.2. The van der Waals surface area contributed by atoms with Crippen molar-refractivity contribution in [2.75, 3.05) is 13.2 Å². The molecule has 0 heterocycles. The molecule has 0 aromatic rings. The lowest BCUT2D eigenvalue weighted by Gasteiger charge is -2.18. The number of carbonyl (C=O) groups is 2. The molecule has 0 aromatic carbocycles. The van der Waals surface area contributed by atoms with E-state index < -0.39 is 32.5 Å². The zero-order valence-corrected chi connectivity index (χ0v) is 30.3. The number of esters is 2. The van der Waals surface area contributed by atoms with E-state index in [-0.39, 0.29) is 19.4 Å². The minimum Gasteiger partial charge on any atom is -0.462 e. The van der Waals surface area contributed by atoms with Crippen molar-refractivity contribution >= 4 is 19.8 Å². The van der Waals surface area contributed by atoms with Gasteiger partial charge in [0.15, 0.2) is 6.10 Å². The molecule has 45 heavy (non-hydrogen) atoms. The summed E-state index contributed by atoms with van der Waals surface area (Å²) in [5, 5.41) is 0. The van der Waals surface area contributed by atoms with Crippen molar-refractivity contribution in [2.24, 2.45) is 5.92 Å². The van der Waals surface area contributed by atoms with Crippen LogP contribution in [0.1, 0.15) is 194 Å². The van der Waals surface area contributed by atoms with Gasteiger partial charge in [-0.15, -0.1) is 0 Å². The highest BCUT2D eigenvalue weighted by Crippen LogP contribution is 2.36. The molecule has 0 saturated carbocycles. The van der Waals surface area contributed by atoms with Crippen LogP contribution in [0.5, 0.6) is 0 Å². The quantitative estimate of drug-likeness (QED) is 0.0397. The van der Waals surface area contributed by atoms with Gasteiger partial charge in [0.1, 0.15) is 6.61 Å². The van der Waals surface area contributed by atoms with Crippen LogP contribution < -0.4 is 0 Å². The smallest absolute Gasteiger partial charge is 0.462 e. The van der Waals surface area contributed by atoms with Crippen LogP contribution in [-0.4, -0.2) is 41.0 Å². The minimum absolute atomic E-state index is 0.211.